The van der Waals surface area contributed by atoms with E-state index in [-0.39, 0.29) is 24.4 Å². The third-order valence-corrected chi connectivity index (χ3v) is 5.18. The van der Waals surface area contributed by atoms with E-state index in [4.69, 9.17) is 0 Å². The van der Waals surface area contributed by atoms with E-state index in [0.717, 1.165) is 16.6 Å². The summed E-state index contributed by atoms with van der Waals surface area (Å²) in [7, 11) is 1.37. The van der Waals surface area contributed by atoms with Gasteiger partial charge in [0.15, 0.2) is 11.6 Å². The van der Waals surface area contributed by atoms with E-state index in [0.29, 0.717) is 5.69 Å². The van der Waals surface area contributed by atoms with Crippen molar-refractivity contribution in [2.45, 2.75) is 12.5 Å². The number of carbonyl (C=O) groups excluding carboxylic acids is 3. The van der Waals surface area contributed by atoms with Crippen molar-refractivity contribution in [3.05, 3.63) is 64.1 Å². The molecule has 9 heteroatoms. The molecule has 1 aliphatic rings. The second kappa shape index (κ2) is 8.69. The molecule has 0 spiro atoms. The van der Waals surface area contributed by atoms with Crippen molar-refractivity contribution in [2.75, 3.05) is 18.5 Å². The van der Waals surface area contributed by atoms with Gasteiger partial charge in [-0.15, -0.1) is 0 Å². The lowest BCUT2D eigenvalue weighted by Crippen LogP contribution is -2.42. The Balaban J connectivity index is 1.77. The lowest BCUT2D eigenvalue weighted by Gasteiger charge is -2.21. The predicted molar refractivity (Wildman–Crippen MR) is 106 cm³/mol. The summed E-state index contributed by atoms with van der Waals surface area (Å²) in [5.74, 6) is -4.18. The van der Waals surface area contributed by atoms with Gasteiger partial charge in [0.2, 0.25) is 17.7 Å². The first-order valence-electron chi connectivity index (χ1n) is 8.83. The number of anilines is 1. The average Bonchev–Trinajstić information content (AvgIpc) is 3.09. The zero-order valence-corrected chi connectivity index (χ0v) is 17.0. The maximum Gasteiger partial charge on any atom is 0.246 e. The molecule has 1 heterocycles. The van der Waals surface area contributed by atoms with Gasteiger partial charge in [-0.2, -0.15) is 0 Å². The first-order chi connectivity index (χ1) is 13.8. The van der Waals surface area contributed by atoms with Crippen LogP contribution in [0.15, 0.2) is 46.9 Å². The molecule has 152 valence electrons. The number of hydrogen-bond acceptors (Lipinski definition) is 3. The summed E-state index contributed by atoms with van der Waals surface area (Å²) in [5, 5.41) is 4.94. The Hall–Kier alpha value is -2.81. The Morgan fingerprint density at radius 1 is 1.17 bits per heavy atom. The Bertz CT molecular complexity index is 970. The van der Waals surface area contributed by atoms with Crippen molar-refractivity contribution in [2.24, 2.45) is 5.92 Å². The summed E-state index contributed by atoms with van der Waals surface area (Å²) in [6.45, 7) is 0.152. The molecule has 0 radical (unpaired) electrons. The van der Waals surface area contributed by atoms with Crippen molar-refractivity contribution < 1.29 is 23.2 Å². The van der Waals surface area contributed by atoms with Crippen molar-refractivity contribution >= 4 is 39.3 Å². The van der Waals surface area contributed by atoms with E-state index in [2.05, 4.69) is 26.6 Å². The number of carbonyl (C=O) groups is 3. The number of amides is 3. The number of benzene rings is 2. The van der Waals surface area contributed by atoms with Gasteiger partial charge in [0.1, 0.15) is 6.04 Å². The Morgan fingerprint density at radius 2 is 1.93 bits per heavy atom. The average molecular weight is 466 g/mol. The van der Waals surface area contributed by atoms with Gasteiger partial charge in [0, 0.05) is 30.2 Å². The van der Waals surface area contributed by atoms with Crippen molar-refractivity contribution in [1.82, 2.24) is 10.6 Å². The number of likely N-dealkylation sites (N-methyl/N-ethyl adjacent to an activating group) is 1. The molecule has 1 fully saturated rings. The second-order valence-corrected chi connectivity index (χ2v) is 7.53. The predicted octanol–water partition coefficient (Wildman–Crippen LogP) is 2.68. The van der Waals surface area contributed by atoms with Gasteiger partial charge < -0.3 is 15.5 Å². The minimum Gasteiger partial charge on any atom is -0.357 e. The topological polar surface area (TPSA) is 78.5 Å². The molecule has 3 amide bonds. The summed E-state index contributed by atoms with van der Waals surface area (Å²) in [4.78, 5) is 38.9. The standard InChI is InChI=1S/C20H18BrF2N3O3/c1-24-20(29)18(11-5-6-15(22)16(23)7-11)25-19(28)12-8-17(27)26(10-12)14-4-2-3-13(21)9-14/h2-7,9,12,18H,8,10H2,1H3,(H,24,29)(H,25,28). The van der Waals surface area contributed by atoms with E-state index in [9.17, 15) is 23.2 Å². The highest BCUT2D eigenvalue weighted by atomic mass is 79.9. The molecule has 6 nitrogen and oxygen atoms in total. The first-order valence-corrected chi connectivity index (χ1v) is 9.62. The smallest absolute Gasteiger partial charge is 0.246 e. The molecule has 2 aromatic carbocycles. The SMILES string of the molecule is CNC(=O)C(NC(=O)C1CC(=O)N(c2cccc(Br)c2)C1)c1ccc(F)c(F)c1. The van der Waals surface area contributed by atoms with Crippen LogP contribution in [0, 0.1) is 17.6 Å². The molecule has 0 saturated carbocycles. The van der Waals surface area contributed by atoms with Crippen LogP contribution in [0.3, 0.4) is 0 Å². The molecule has 29 heavy (non-hydrogen) atoms. The highest BCUT2D eigenvalue weighted by Crippen LogP contribution is 2.28. The highest BCUT2D eigenvalue weighted by Gasteiger charge is 2.37. The molecule has 2 aromatic rings. The van der Waals surface area contributed by atoms with E-state index in [1.54, 1.807) is 18.2 Å². The van der Waals surface area contributed by atoms with Crippen LogP contribution in [0.25, 0.3) is 0 Å². The van der Waals surface area contributed by atoms with E-state index in [1.807, 2.05) is 6.07 Å². The molecule has 0 bridgehead atoms. The summed E-state index contributed by atoms with van der Waals surface area (Å²) in [5.41, 5.74) is 0.757. The molecular weight excluding hydrogens is 448 g/mol. The van der Waals surface area contributed by atoms with Crippen LogP contribution >= 0.6 is 15.9 Å². The number of hydrogen-bond donors (Lipinski definition) is 2. The molecule has 1 saturated heterocycles. The summed E-state index contributed by atoms with van der Waals surface area (Å²) >= 11 is 3.35. The van der Waals surface area contributed by atoms with Gasteiger partial charge in [-0.05, 0) is 35.9 Å². The number of rotatable bonds is 5. The number of nitrogens with one attached hydrogen (secondary N) is 2. The summed E-state index contributed by atoms with van der Waals surface area (Å²) in [6.07, 6.45) is -0.0173. The van der Waals surface area contributed by atoms with Gasteiger partial charge >= 0.3 is 0 Å². The Morgan fingerprint density at radius 3 is 2.59 bits per heavy atom. The largest absolute Gasteiger partial charge is 0.357 e. The zero-order chi connectivity index (χ0) is 21.1. The minimum absolute atomic E-state index is 0.0173. The van der Waals surface area contributed by atoms with Crippen LogP contribution in [0.4, 0.5) is 14.5 Å². The van der Waals surface area contributed by atoms with Crippen molar-refractivity contribution in [3.63, 3.8) is 0 Å². The first kappa shape index (κ1) is 20.9. The van der Waals surface area contributed by atoms with Crippen LogP contribution in [-0.4, -0.2) is 31.3 Å². The van der Waals surface area contributed by atoms with E-state index in [1.165, 1.54) is 18.0 Å². The molecule has 2 unspecified atom stereocenters. The van der Waals surface area contributed by atoms with Crippen LogP contribution in [-0.2, 0) is 14.4 Å². The fraction of sp³-hybridized carbons (Fsp3) is 0.250. The normalized spacial score (nSPS) is 17.2. The Labute approximate surface area is 174 Å². The summed E-state index contributed by atoms with van der Waals surface area (Å²) < 4.78 is 27.6. The molecule has 2 N–H and O–H groups in total. The number of nitrogens with zero attached hydrogens (tertiary/aromatic N) is 1. The maximum atomic E-state index is 13.6. The third kappa shape index (κ3) is 4.61. The van der Waals surface area contributed by atoms with Gasteiger partial charge in [-0.3, -0.25) is 14.4 Å². The fourth-order valence-electron chi connectivity index (χ4n) is 3.17. The van der Waals surface area contributed by atoms with Gasteiger partial charge in [-0.1, -0.05) is 28.1 Å². The van der Waals surface area contributed by atoms with Crippen molar-refractivity contribution in [3.8, 4) is 0 Å². The lowest BCUT2D eigenvalue weighted by atomic mass is 10.0. The molecule has 0 aromatic heterocycles. The van der Waals surface area contributed by atoms with Crippen LogP contribution in [0.1, 0.15) is 18.0 Å². The minimum atomic E-state index is -1.21. The molecule has 0 aliphatic carbocycles. The maximum absolute atomic E-state index is 13.6. The number of halogens is 3. The van der Waals surface area contributed by atoms with Gasteiger partial charge in [0.05, 0.1) is 5.92 Å². The van der Waals surface area contributed by atoms with E-state index >= 15 is 0 Å². The molecular formula is C20H18BrF2N3O3. The van der Waals surface area contributed by atoms with Crippen LogP contribution in [0.5, 0.6) is 0 Å². The molecule has 1 aliphatic heterocycles. The van der Waals surface area contributed by atoms with Crippen LogP contribution in [0.2, 0.25) is 0 Å². The van der Waals surface area contributed by atoms with Gasteiger partial charge in [-0.25, -0.2) is 8.78 Å². The van der Waals surface area contributed by atoms with Crippen LogP contribution < -0.4 is 15.5 Å². The van der Waals surface area contributed by atoms with Gasteiger partial charge in [0.25, 0.3) is 0 Å². The quantitative estimate of drug-likeness (QED) is 0.712. The summed E-state index contributed by atoms with van der Waals surface area (Å²) in [6, 6.07) is 8.91. The highest BCUT2D eigenvalue weighted by molar-refractivity contribution is 9.10. The second-order valence-electron chi connectivity index (χ2n) is 6.61. The lowest BCUT2D eigenvalue weighted by molar-refractivity contribution is -0.131. The molecule has 2 atom stereocenters. The monoisotopic (exact) mass is 465 g/mol. The van der Waals surface area contributed by atoms with E-state index < -0.39 is 35.4 Å². The molecule has 3 rings (SSSR count). The zero-order valence-electron chi connectivity index (χ0n) is 15.4. The third-order valence-electron chi connectivity index (χ3n) is 4.69. The van der Waals surface area contributed by atoms with Crippen molar-refractivity contribution in [1.29, 1.82) is 0 Å². The Kier molecular flexibility index (Phi) is 6.26. The fourth-order valence-corrected chi connectivity index (χ4v) is 3.56.